The van der Waals surface area contributed by atoms with Crippen LogP contribution in [-0.2, 0) is 26.1 Å². The number of rotatable bonds is 4. The lowest BCUT2D eigenvalue weighted by Gasteiger charge is -2.14. The van der Waals surface area contributed by atoms with E-state index in [9.17, 15) is 0 Å². The predicted octanol–water partition coefficient (Wildman–Crippen LogP) is 2.70. The van der Waals surface area contributed by atoms with Gasteiger partial charge >= 0.3 is 0 Å². The van der Waals surface area contributed by atoms with Gasteiger partial charge in [-0.3, -0.25) is 4.90 Å². The van der Waals surface area contributed by atoms with E-state index in [0.717, 1.165) is 26.1 Å². The van der Waals surface area contributed by atoms with Gasteiger partial charge < -0.3 is 5.73 Å². The molecule has 2 aromatic carbocycles. The second-order valence-corrected chi connectivity index (χ2v) is 5.25. The lowest BCUT2D eigenvalue weighted by Crippen LogP contribution is -2.19. The van der Waals surface area contributed by atoms with Crippen molar-refractivity contribution in [1.82, 2.24) is 4.90 Å². The van der Waals surface area contributed by atoms with Crippen molar-refractivity contribution in [2.75, 3.05) is 6.54 Å². The average molecular weight is 252 g/mol. The van der Waals surface area contributed by atoms with Crippen molar-refractivity contribution < 1.29 is 0 Å². The van der Waals surface area contributed by atoms with Crippen LogP contribution in [0.4, 0.5) is 0 Å². The van der Waals surface area contributed by atoms with Crippen LogP contribution in [0.5, 0.6) is 0 Å². The van der Waals surface area contributed by atoms with Gasteiger partial charge in [-0.05, 0) is 28.7 Å². The Kier molecular flexibility index (Phi) is 3.62. The Balaban J connectivity index is 1.56. The summed E-state index contributed by atoms with van der Waals surface area (Å²) in [6.07, 6.45) is 1.11. The van der Waals surface area contributed by atoms with Gasteiger partial charge in [-0.15, -0.1) is 0 Å². The molecule has 0 fully saturated rings. The largest absolute Gasteiger partial charge is 0.326 e. The first kappa shape index (κ1) is 12.4. The molecule has 1 aliphatic rings. The number of hydrogen-bond donors (Lipinski definition) is 1. The molecule has 0 aliphatic carbocycles. The molecule has 2 heteroatoms. The van der Waals surface area contributed by atoms with Gasteiger partial charge in [0.1, 0.15) is 0 Å². The topological polar surface area (TPSA) is 29.3 Å². The Labute approximate surface area is 114 Å². The molecular weight excluding hydrogens is 232 g/mol. The van der Waals surface area contributed by atoms with Gasteiger partial charge in [-0.1, -0.05) is 48.5 Å². The van der Waals surface area contributed by atoms with Gasteiger partial charge in [0.05, 0.1) is 0 Å². The normalized spacial score (nSPS) is 14.6. The minimum atomic E-state index is 0.627. The molecule has 98 valence electrons. The first-order chi connectivity index (χ1) is 9.35. The number of nitrogens with two attached hydrogens (primary N) is 1. The van der Waals surface area contributed by atoms with Gasteiger partial charge in [0, 0.05) is 26.2 Å². The fourth-order valence-electron chi connectivity index (χ4n) is 2.69. The molecule has 2 aromatic rings. The van der Waals surface area contributed by atoms with Gasteiger partial charge in [-0.2, -0.15) is 0 Å². The number of nitrogens with zero attached hydrogens (tertiary/aromatic N) is 1. The van der Waals surface area contributed by atoms with Crippen molar-refractivity contribution in [3.63, 3.8) is 0 Å². The molecule has 3 rings (SSSR count). The summed E-state index contributed by atoms with van der Waals surface area (Å²) in [6, 6.07) is 17.4. The Morgan fingerprint density at radius 2 is 1.42 bits per heavy atom. The monoisotopic (exact) mass is 252 g/mol. The summed E-state index contributed by atoms with van der Waals surface area (Å²) < 4.78 is 0. The van der Waals surface area contributed by atoms with E-state index in [0.29, 0.717) is 6.54 Å². The third kappa shape index (κ3) is 2.86. The van der Waals surface area contributed by atoms with E-state index in [4.69, 9.17) is 5.73 Å². The maximum Gasteiger partial charge on any atom is 0.0240 e. The molecule has 0 atom stereocenters. The van der Waals surface area contributed by atoms with Crippen molar-refractivity contribution in [1.29, 1.82) is 0 Å². The summed E-state index contributed by atoms with van der Waals surface area (Å²) in [5.41, 5.74) is 11.2. The zero-order chi connectivity index (χ0) is 13.1. The quantitative estimate of drug-likeness (QED) is 0.906. The number of benzene rings is 2. The molecule has 19 heavy (non-hydrogen) atoms. The Bertz CT molecular complexity index is 520. The zero-order valence-electron chi connectivity index (χ0n) is 11.2. The highest BCUT2D eigenvalue weighted by molar-refractivity contribution is 5.30. The molecule has 0 bridgehead atoms. The predicted molar refractivity (Wildman–Crippen MR) is 78.6 cm³/mol. The standard InChI is InChI=1S/C17H20N2/c18-11-15-7-5-14(6-8-15)9-10-19-12-16-3-1-2-4-17(16)13-19/h1-8H,9-13,18H2. The number of hydrogen-bond acceptors (Lipinski definition) is 2. The second kappa shape index (κ2) is 5.55. The summed E-state index contributed by atoms with van der Waals surface area (Å²) in [7, 11) is 0. The maximum atomic E-state index is 5.61. The smallest absolute Gasteiger partial charge is 0.0240 e. The van der Waals surface area contributed by atoms with Gasteiger partial charge in [0.25, 0.3) is 0 Å². The summed E-state index contributed by atoms with van der Waals surface area (Å²) in [4.78, 5) is 2.52. The molecule has 1 heterocycles. The minimum absolute atomic E-state index is 0.627. The van der Waals surface area contributed by atoms with Crippen molar-refractivity contribution in [3.05, 3.63) is 70.8 Å². The van der Waals surface area contributed by atoms with E-state index in [1.807, 2.05) is 0 Å². The zero-order valence-corrected chi connectivity index (χ0v) is 11.2. The van der Waals surface area contributed by atoms with Gasteiger partial charge in [0.15, 0.2) is 0 Å². The molecule has 1 aliphatic heterocycles. The summed E-state index contributed by atoms with van der Waals surface area (Å²) in [5.74, 6) is 0. The van der Waals surface area contributed by atoms with Crippen LogP contribution in [0.15, 0.2) is 48.5 Å². The molecule has 0 unspecified atom stereocenters. The van der Waals surface area contributed by atoms with Crippen LogP contribution in [-0.4, -0.2) is 11.4 Å². The van der Waals surface area contributed by atoms with Crippen molar-refractivity contribution >= 4 is 0 Å². The van der Waals surface area contributed by atoms with Crippen LogP contribution in [0.2, 0.25) is 0 Å². The van der Waals surface area contributed by atoms with E-state index in [1.165, 1.54) is 22.3 Å². The fourth-order valence-corrected chi connectivity index (χ4v) is 2.69. The summed E-state index contributed by atoms with van der Waals surface area (Å²) in [5, 5.41) is 0. The van der Waals surface area contributed by atoms with Crippen LogP contribution in [0, 0.1) is 0 Å². The molecule has 0 amide bonds. The first-order valence-electron chi connectivity index (χ1n) is 6.92. The fraction of sp³-hybridized carbons (Fsp3) is 0.294. The van der Waals surface area contributed by atoms with E-state index in [2.05, 4.69) is 53.4 Å². The van der Waals surface area contributed by atoms with Crippen LogP contribution < -0.4 is 5.73 Å². The lowest BCUT2D eigenvalue weighted by atomic mass is 10.1. The molecule has 0 radical (unpaired) electrons. The minimum Gasteiger partial charge on any atom is -0.326 e. The third-order valence-electron chi connectivity index (χ3n) is 3.88. The molecule has 0 spiro atoms. The maximum absolute atomic E-state index is 5.61. The molecule has 2 nitrogen and oxygen atoms in total. The van der Waals surface area contributed by atoms with E-state index in [1.54, 1.807) is 0 Å². The SMILES string of the molecule is NCc1ccc(CCN2Cc3ccccc3C2)cc1. The average Bonchev–Trinajstić information content (AvgIpc) is 2.88. The van der Waals surface area contributed by atoms with Crippen LogP contribution in [0.1, 0.15) is 22.3 Å². The molecule has 2 N–H and O–H groups in total. The van der Waals surface area contributed by atoms with Crippen molar-refractivity contribution in [2.45, 2.75) is 26.1 Å². The van der Waals surface area contributed by atoms with E-state index in [-0.39, 0.29) is 0 Å². The van der Waals surface area contributed by atoms with Crippen molar-refractivity contribution in [3.8, 4) is 0 Å². The highest BCUT2D eigenvalue weighted by Gasteiger charge is 2.17. The van der Waals surface area contributed by atoms with E-state index < -0.39 is 0 Å². The van der Waals surface area contributed by atoms with Crippen LogP contribution >= 0.6 is 0 Å². The molecular formula is C17H20N2. The third-order valence-corrected chi connectivity index (χ3v) is 3.88. The second-order valence-electron chi connectivity index (χ2n) is 5.25. The molecule has 0 saturated carbocycles. The molecule has 0 aromatic heterocycles. The van der Waals surface area contributed by atoms with Gasteiger partial charge in [0.2, 0.25) is 0 Å². The lowest BCUT2D eigenvalue weighted by molar-refractivity contribution is 0.288. The van der Waals surface area contributed by atoms with Crippen LogP contribution in [0.25, 0.3) is 0 Å². The Hall–Kier alpha value is -1.64. The summed E-state index contributed by atoms with van der Waals surface area (Å²) >= 11 is 0. The highest BCUT2D eigenvalue weighted by atomic mass is 15.1. The highest BCUT2D eigenvalue weighted by Crippen LogP contribution is 2.22. The van der Waals surface area contributed by atoms with E-state index >= 15 is 0 Å². The first-order valence-corrected chi connectivity index (χ1v) is 6.92. The van der Waals surface area contributed by atoms with Crippen molar-refractivity contribution in [2.24, 2.45) is 5.73 Å². The Morgan fingerprint density at radius 3 is 2.00 bits per heavy atom. The Morgan fingerprint density at radius 1 is 0.842 bits per heavy atom. The molecule has 0 saturated heterocycles. The summed E-state index contributed by atoms with van der Waals surface area (Å²) in [6.45, 7) is 3.94. The van der Waals surface area contributed by atoms with Gasteiger partial charge in [-0.25, -0.2) is 0 Å². The van der Waals surface area contributed by atoms with Crippen LogP contribution in [0.3, 0.4) is 0 Å². The number of fused-ring (bicyclic) bond motifs is 1.